The summed E-state index contributed by atoms with van der Waals surface area (Å²) in [6, 6.07) is 0.709. The molecule has 0 atom stereocenters. The Morgan fingerprint density at radius 2 is 1.80 bits per heavy atom. The molecule has 2 rings (SSSR count). The van der Waals surface area contributed by atoms with Crippen molar-refractivity contribution in [3.8, 4) is 0 Å². The van der Waals surface area contributed by atoms with Gasteiger partial charge in [-0.05, 0) is 25.7 Å². The minimum Gasteiger partial charge on any atom is -0.381 e. The highest BCUT2D eigenvalue weighted by Crippen LogP contribution is 2.25. The van der Waals surface area contributed by atoms with Crippen molar-refractivity contribution in [3.05, 3.63) is 0 Å². The topological polar surface area (TPSA) is 47.3 Å². The van der Waals surface area contributed by atoms with Crippen LogP contribution in [-0.4, -0.2) is 31.3 Å². The van der Waals surface area contributed by atoms with Crippen molar-refractivity contribution < 1.29 is 4.74 Å². The first-order chi connectivity index (χ1) is 7.35. The summed E-state index contributed by atoms with van der Waals surface area (Å²) < 4.78 is 5.42. The van der Waals surface area contributed by atoms with Crippen LogP contribution in [-0.2, 0) is 4.74 Å². The highest BCUT2D eigenvalue weighted by molar-refractivity contribution is 4.94. The van der Waals surface area contributed by atoms with Crippen LogP contribution in [0.2, 0.25) is 0 Å². The maximum atomic E-state index is 5.94. The molecule has 15 heavy (non-hydrogen) atoms. The molecule has 0 radical (unpaired) electrons. The van der Waals surface area contributed by atoms with Crippen LogP contribution in [0.15, 0.2) is 0 Å². The molecule has 3 heteroatoms. The number of nitrogens with two attached hydrogens (primary N) is 1. The summed E-state index contributed by atoms with van der Waals surface area (Å²) in [6.07, 6.45) is 9.02. The Labute approximate surface area is 92.7 Å². The van der Waals surface area contributed by atoms with Crippen molar-refractivity contribution in [2.75, 3.05) is 19.8 Å². The molecule has 0 aromatic heterocycles. The van der Waals surface area contributed by atoms with Gasteiger partial charge in [-0.2, -0.15) is 0 Å². The van der Waals surface area contributed by atoms with E-state index in [9.17, 15) is 0 Å². The number of rotatable bonds is 3. The summed E-state index contributed by atoms with van der Waals surface area (Å²) in [7, 11) is 0. The van der Waals surface area contributed by atoms with E-state index >= 15 is 0 Å². The summed E-state index contributed by atoms with van der Waals surface area (Å²) in [5.74, 6) is 0. The Hall–Kier alpha value is -0.120. The minimum absolute atomic E-state index is 0.181. The molecule has 1 saturated heterocycles. The second kappa shape index (κ2) is 5.28. The Bertz CT molecular complexity index is 184. The van der Waals surface area contributed by atoms with Gasteiger partial charge in [0.25, 0.3) is 0 Å². The second-order valence-electron chi connectivity index (χ2n) is 5.08. The smallest absolute Gasteiger partial charge is 0.0484 e. The van der Waals surface area contributed by atoms with Crippen LogP contribution in [0.1, 0.15) is 44.9 Å². The normalized spacial score (nSPS) is 27.8. The Balaban J connectivity index is 1.87. The van der Waals surface area contributed by atoms with Crippen LogP contribution < -0.4 is 11.1 Å². The molecule has 0 aromatic rings. The van der Waals surface area contributed by atoms with Gasteiger partial charge in [-0.3, -0.25) is 0 Å². The lowest BCUT2D eigenvalue weighted by molar-refractivity contribution is 0.0342. The molecule has 3 nitrogen and oxygen atoms in total. The molecule has 1 saturated carbocycles. The third kappa shape index (κ3) is 2.92. The molecule has 3 N–H and O–H groups in total. The highest BCUT2D eigenvalue weighted by atomic mass is 16.5. The number of ether oxygens (including phenoxy) is 1. The number of hydrogen-bond acceptors (Lipinski definition) is 3. The van der Waals surface area contributed by atoms with Gasteiger partial charge in [-0.25, -0.2) is 0 Å². The zero-order chi connectivity index (χ0) is 10.6. The molecule has 1 aliphatic heterocycles. The van der Waals surface area contributed by atoms with Gasteiger partial charge < -0.3 is 15.8 Å². The first-order valence-corrected chi connectivity index (χ1v) is 6.40. The van der Waals surface area contributed by atoms with Crippen LogP contribution in [0.4, 0.5) is 0 Å². The second-order valence-corrected chi connectivity index (χ2v) is 5.08. The van der Waals surface area contributed by atoms with Gasteiger partial charge in [0.2, 0.25) is 0 Å². The lowest BCUT2D eigenvalue weighted by Crippen LogP contribution is -2.58. The summed E-state index contributed by atoms with van der Waals surface area (Å²) in [6.45, 7) is 2.50. The molecule has 1 heterocycles. The van der Waals surface area contributed by atoms with Gasteiger partial charge in [0.15, 0.2) is 0 Å². The molecule has 2 fully saturated rings. The van der Waals surface area contributed by atoms with Crippen molar-refractivity contribution in [2.24, 2.45) is 5.73 Å². The molecule has 0 spiro atoms. The van der Waals surface area contributed by atoms with Crippen molar-refractivity contribution >= 4 is 0 Å². The Morgan fingerprint density at radius 1 is 1.13 bits per heavy atom. The molecule has 0 amide bonds. The van der Waals surface area contributed by atoms with E-state index in [4.69, 9.17) is 10.5 Å². The number of hydrogen-bond donors (Lipinski definition) is 2. The fraction of sp³-hybridized carbons (Fsp3) is 1.00. The number of nitrogens with one attached hydrogen (secondary N) is 1. The SMILES string of the molecule is NCC1(NC2CCCCC2)CCOCC1. The predicted octanol–water partition coefficient (Wildman–Crippen LogP) is 1.42. The van der Waals surface area contributed by atoms with E-state index in [1.165, 1.54) is 32.1 Å². The van der Waals surface area contributed by atoms with E-state index < -0.39 is 0 Å². The van der Waals surface area contributed by atoms with Gasteiger partial charge in [0.1, 0.15) is 0 Å². The van der Waals surface area contributed by atoms with Crippen molar-refractivity contribution in [1.29, 1.82) is 0 Å². The molecule has 0 unspecified atom stereocenters. The molecule has 2 aliphatic rings. The van der Waals surface area contributed by atoms with Gasteiger partial charge in [-0.1, -0.05) is 19.3 Å². The van der Waals surface area contributed by atoms with E-state index in [0.29, 0.717) is 6.04 Å². The standard InChI is InChI=1S/C12H24N2O/c13-10-12(6-8-15-9-7-12)14-11-4-2-1-3-5-11/h11,14H,1-10,13H2. The summed E-state index contributed by atoms with van der Waals surface area (Å²) in [5, 5.41) is 3.82. The highest BCUT2D eigenvalue weighted by Gasteiger charge is 2.33. The zero-order valence-corrected chi connectivity index (χ0v) is 9.63. The van der Waals surface area contributed by atoms with E-state index in [2.05, 4.69) is 5.32 Å². The first kappa shape index (κ1) is 11.4. The van der Waals surface area contributed by atoms with Crippen LogP contribution in [0.25, 0.3) is 0 Å². The predicted molar refractivity (Wildman–Crippen MR) is 61.8 cm³/mol. The summed E-state index contributed by atoms with van der Waals surface area (Å²) in [5.41, 5.74) is 6.12. The van der Waals surface area contributed by atoms with E-state index in [1.807, 2.05) is 0 Å². The lowest BCUT2D eigenvalue weighted by atomic mass is 9.86. The van der Waals surface area contributed by atoms with Gasteiger partial charge in [0.05, 0.1) is 0 Å². The molecular formula is C12H24N2O. The van der Waals surface area contributed by atoms with Crippen LogP contribution in [0, 0.1) is 0 Å². The largest absolute Gasteiger partial charge is 0.381 e. The third-order valence-corrected chi connectivity index (χ3v) is 3.96. The molecule has 1 aliphatic carbocycles. The van der Waals surface area contributed by atoms with Crippen LogP contribution in [0.3, 0.4) is 0 Å². The average molecular weight is 212 g/mol. The van der Waals surface area contributed by atoms with E-state index in [-0.39, 0.29) is 5.54 Å². The Morgan fingerprint density at radius 3 is 2.40 bits per heavy atom. The quantitative estimate of drug-likeness (QED) is 0.743. The zero-order valence-electron chi connectivity index (χ0n) is 9.63. The van der Waals surface area contributed by atoms with E-state index in [0.717, 1.165) is 32.6 Å². The molecule has 88 valence electrons. The Kier molecular flexibility index (Phi) is 4.00. The average Bonchev–Trinajstić information content (AvgIpc) is 2.32. The first-order valence-electron chi connectivity index (χ1n) is 6.40. The maximum Gasteiger partial charge on any atom is 0.0484 e. The van der Waals surface area contributed by atoms with Gasteiger partial charge >= 0.3 is 0 Å². The molecular weight excluding hydrogens is 188 g/mol. The molecule has 0 bridgehead atoms. The van der Waals surface area contributed by atoms with E-state index in [1.54, 1.807) is 0 Å². The molecule has 0 aromatic carbocycles. The lowest BCUT2D eigenvalue weighted by Gasteiger charge is -2.41. The van der Waals surface area contributed by atoms with Gasteiger partial charge in [0, 0.05) is 31.3 Å². The summed E-state index contributed by atoms with van der Waals surface area (Å²) >= 11 is 0. The fourth-order valence-corrected chi connectivity index (χ4v) is 2.85. The van der Waals surface area contributed by atoms with Crippen molar-refractivity contribution in [3.63, 3.8) is 0 Å². The van der Waals surface area contributed by atoms with Crippen LogP contribution in [0.5, 0.6) is 0 Å². The monoisotopic (exact) mass is 212 g/mol. The van der Waals surface area contributed by atoms with Gasteiger partial charge in [-0.15, -0.1) is 0 Å². The fourth-order valence-electron chi connectivity index (χ4n) is 2.85. The van der Waals surface area contributed by atoms with Crippen LogP contribution >= 0.6 is 0 Å². The minimum atomic E-state index is 0.181. The van der Waals surface area contributed by atoms with Crippen molar-refractivity contribution in [1.82, 2.24) is 5.32 Å². The van der Waals surface area contributed by atoms with Crippen molar-refractivity contribution in [2.45, 2.75) is 56.5 Å². The third-order valence-electron chi connectivity index (χ3n) is 3.96. The summed E-state index contributed by atoms with van der Waals surface area (Å²) in [4.78, 5) is 0. The maximum absolute atomic E-state index is 5.94.